The van der Waals surface area contributed by atoms with Crippen LogP contribution in [-0.2, 0) is 64.0 Å². The molecule has 0 aliphatic heterocycles. The van der Waals surface area contributed by atoms with Crippen LogP contribution < -0.4 is 54.0 Å². The van der Waals surface area contributed by atoms with E-state index in [1.165, 1.54) is 38.1 Å². The van der Waals surface area contributed by atoms with Crippen molar-refractivity contribution < 1.29 is 78.0 Å². The molecule has 65 heavy (non-hydrogen) atoms. The number of primary amides is 1. The number of rotatable bonds is 28. The van der Waals surface area contributed by atoms with Gasteiger partial charge in [-0.05, 0) is 57.2 Å². The van der Waals surface area contributed by atoms with Crippen molar-refractivity contribution in [2.45, 2.75) is 121 Å². The van der Waals surface area contributed by atoms with Gasteiger partial charge in [0.05, 0.1) is 25.4 Å². The average Bonchev–Trinajstić information content (AvgIpc) is 3.20. The molecule has 0 spiro atoms. The number of aliphatic carboxylic acids is 3. The van der Waals surface area contributed by atoms with Gasteiger partial charge in [-0.1, -0.05) is 26.0 Å². The Morgan fingerprint density at radius 3 is 1.57 bits per heavy atom. The Balaban J connectivity index is 3.30. The second-order valence-corrected chi connectivity index (χ2v) is 15.4. The summed E-state index contributed by atoms with van der Waals surface area (Å²) in [5, 5.41) is 55.3. The van der Waals surface area contributed by atoms with Gasteiger partial charge in [-0.25, -0.2) is 4.79 Å². The molecule has 0 aromatic heterocycles. The lowest BCUT2D eigenvalue weighted by Gasteiger charge is -2.27. The van der Waals surface area contributed by atoms with Gasteiger partial charge in [-0.15, -0.1) is 0 Å². The first-order valence-electron chi connectivity index (χ1n) is 20.1. The van der Waals surface area contributed by atoms with Crippen molar-refractivity contribution in [3.63, 3.8) is 0 Å². The molecule has 0 saturated carbocycles. The first-order chi connectivity index (χ1) is 30.2. The molecule has 0 aliphatic rings. The molecular formula is C39H58N10O16. The van der Waals surface area contributed by atoms with E-state index in [0.29, 0.717) is 5.56 Å². The monoisotopic (exact) mass is 922 g/mol. The highest BCUT2D eigenvalue weighted by molar-refractivity contribution is 5.99. The van der Waals surface area contributed by atoms with E-state index in [1.807, 2.05) is 5.32 Å². The molecule has 1 aromatic rings. The zero-order valence-electron chi connectivity index (χ0n) is 36.3. The van der Waals surface area contributed by atoms with Gasteiger partial charge in [0.1, 0.15) is 48.0 Å². The van der Waals surface area contributed by atoms with Gasteiger partial charge in [0.2, 0.25) is 53.2 Å². The van der Waals surface area contributed by atoms with Crippen LogP contribution in [-0.4, -0.2) is 146 Å². The predicted octanol–water partition coefficient (Wildman–Crippen LogP) is -4.82. The lowest BCUT2D eigenvalue weighted by Crippen LogP contribution is -2.60. The van der Waals surface area contributed by atoms with Crippen LogP contribution >= 0.6 is 0 Å². The number of nitrogens with one attached hydrogen (secondary N) is 8. The SMILES string of the molecule is CC(C)C[C@H](NC(=O)[C@H](Cc1ccc(O)cc1)NC(=O)[C@H](C)NC(=O)[C@H](C)N)C(=O)N[C@@H](CCC(=O)O)C(=O)N[C@@H](CC(N)=O)C(=O)N[C@@H](C)C(=O)NCC(=O)N[C@@H](CC(=O)O)C(=O)O. The van der Waals surface area contributed by atoms with Crippen LogP contribution in [0.5, 0.6) is 5.75 Å². The van der Waals surface area contributed by atoms with Crippen LogP contribution in [0.15, 0.2) is 24.3 Å². The third kappa shape index (κ3) is 21.5. The summed E-state index contributed by atoms with van der Waals surface area (Å²) >= 11 is 0. The molecule has 9 amide bonds. The summed E-state index contributed by atoms with van der Waals surface area (Å²) in [6, 6.07) is -6.19. The van der Waals surface area contributed by atoms with Crippen LogP contribution in [0.1, 0.15) is 72.3 Å². The highest BCUT2D eigenvalue weighted by Gasteiger charge is 2.34. The number of hydrogen-bond donors (Lipinski definition) is 14. The number of hydrogen-bond acceptors (Lipinski definition) is 14. The molecule has 1 rings (SSSR count). The summed E-state index contributed by atoms with van der Waals surface area (Å²) in [5.41, 5.74) is 11.3. The molecule has 0 bridgehead atoms. The molecule has 8 atom stereocenters. The van der Waals surface area contributed by atoms with Gasteiger partial charge in [0, 0.05) is 12.8 Å². The van der Waals surface area contributed by atoms with E-state index in [0.717, 1.165) is 6.92 Å². The van der Waals surface area contributed by atoms with Crippen LogP contribution in [0, 0.1) is 5.92 Å². The van der Waals surface area contributed by atoms with Crippen LogP contribution in [0.3, 0.4) is 0 Å². The highest BCUT2D eigenvalue weighted by atomic mass is 16.4. The van der Waals surface area contributed by atoms with Gasteiger partial charge in [-0.2, -0.15) is 0 Å². The molecule has 0 saturated heterocycles. The van der Waals surface area contributed by atoms with Gasteiger partial charge >= 0.3 is 17.9 Å². The minimum Gasteiger partial charge on any atom is -0.508 e. The first kappa shape index (κ1) is 55.6. The van der Waals surface area contributed by atoms with Crippen LogP contribution in [0.25, 0.3) is 0 Å². The highest BCUT2D eigenvalue weighted by Crippen LogP contribution is 2.13. The second-order valence-electron chi connectivity index (χ2n) is 15.4. The molecule has 1 aromatic carbocycles. The standard InChI is InChI=1S/C39H58N10O16/c1-17(2)12-24(48-38(63)25(13-21-6-8-22(50)9-7-21)47-34(59)20(5)43-32(57)18(3)40)37(62)46-23(10-11-30(53)54)35(60)49-26(14-28(41)51)36(61)44-19(4)33(58)42-16-29(52)45-27(39(64)65)15-31(55)56/h6-9,17-20,23-27,50H,10-16,40H2,1-5H3,(H2,41,51)(H,42,58)(H,43,57)(H,44,61)(H,45,52)(H,46,62)(H,47,59)(H,48,63)(H,49,60)(H,53,54)(H,55,56)(H,64,65)/t18-,19-,20-,23-,24-,25-,26-,27-/m0/s1. The van der Waals surface area contributed by atoms with Crippen LogP contribution in [0.2, 0.25) is 0 Å². The summed E-state index contributed by atoms with van der Waals surface area (Å²) in [7, 11) is 0. The van der Waals surface area contributed by atoms with E-state index in [2.05, 4.69) is 37.2 Å². The Bertz CT molecular complexity index is 1930. The Morgan fingerprint density at radius 2 is 1.05 bits per heavy atom. The van der Waals surface area contributed by atoms with Crippen molar-refractivity contribution in [1.82, 2.24) is 42.5 Å². The Morgan fingerprint density at radius 1 is 0.554 bits per heavy atom. The lowest BCUT2D eigenvalue weighted by atomic mass is 10.00. The number of carboxylic acids is 3. The second kappa shape index (κ2) is 26.9. The minimum absolute atomic E-state index is 0.0671. The van der Waals surface area contributed by atoms with Crippen molar-refractivity contribution in [2.24, 2.45) is 17.4 Å². The molecule has 16 N–H and O–H groups in total. The summed E-state index contributed by atoms with van der Waals surface area (Å²) in [6.07, 6.45) is -3.37. The number of phenols is 1. The zero-order valence-corrected chi connectivity index (χ0v) is 36.3. The third-order valence-electron chi connectivity index (χ3n) is 9.02. The summed E-state index contributed by atoms with van der Waals surface area (Å²) in [6.45, 7) is 6.40. The number of amides is 9. The Kier molecular flexibility index (Phi) is 23.1. The fourth-order valence-corrected chi connectivity index (χ4v) is 5.57. The Hall–Kier alpha value is -7.38. The lowest BCUT2D eigenvalue weighted by molar-refractivity contribution is -0.147. The molecule has 0 heterocycles. The fourth-order valence-electron chi connectivity index (χ4n) is 5.57. The normalized spacial score (nSPS) is 14.5. The maximum atomic E-state index is 13.9. The van der Waals surface area contributed by atoms with Crippen molar-refractivity contribution >= 4 is 71.1 Å². The van der Waals surface area contributed by atoms with Crippen molar-refractivity contribution in [1.29, 1.82) is 0 Å². The molecule has 0 aliphatic carbocycles. The number of nitrogens with two attached hydrogens (primary N) is 2. The molecule has 0 fully saturated rings. The van der Waals surface area contributed by atoms with E-state index in [1.54, 1.807) is 13.8 Å². The number of phenolic OH excluding ortho intramolecular Hbond substituents is 1. The number of carbonyl (C=O) groups is 12. The summed E-state index contributed by atoms with van der Waals surface area (Å²) in [5.74, 6) is -14.0. The fraction of sp³-hybridized carbons (Fsp3) is 0.538. The molecular weight excluding hydrogens is 864 g/mol. The molecule has 0 unspecified atom stereocenters. The predicted molar refractivity (Wildman–Crippen MR) is 223 cm³/mol. The topological polar surface area (TPSA) is 434 Å². The van der Waals surface area contributed by atoms with E-state index in [9.17, 15) is 67.7 Å². The summed E-state index contributed by atoms with van der Waals surface area (Å²) in [4.78, 5) is 150. The van der Waals surface area contributed by atoms with Gasteiger partial charge in [0.15, 0.2) is 0 Å². The number of aromatic hydroxyl groups is 1. The van der Waals surface area contributed by atoms with E-state index in [4.69, 9.17) is 21.7 Å². The first-order valence-corrected chi connectivity index (χ1v) is 20.1. The zero-order chi connectivity index (χ0) is 49.7. The maximum absolute atomic E-state index is 13.9. The van der Waals surface area contributed by atoms with E-state index < -0.39 is 152 Å². The van der Waals surface area contributed by atoms with E-state index >= 15 is 0 Å². The minimum atomic E-state index is -1.83. The van der Waals surface area contributed by atoms with Crippen molar-refractivity contribution in [3.05, 3.63) is 29.8 Å². The molecule has 360 valence electrons. The van der Waals surface area contributed by atoms with Gasteiger partial charge < -0.3 is 74.4 Å². The number of carbonyl (C=O) groups excluding carboxylic acids is 9. The maximum Gasteiger partial charge on any atom is 0.326 e. The molecule has 26 nitrogen and oxygen atoms in total. The summed E-state index contributed by atoms with van der Waals surface area (Å²) < 4.78 is 0. The largest absolute Gasteiger partial charge is 0.508 e. The van der Waals surface area contributed by atoms with Crippen LogP contribution in [0.4, 0.5) is 0 Å². The number of carboxylic acid groups (broad SMARTS) is 3. The Labute approximate surface area is 372 Å². The quantitative estimate of drug-likeness (QED) is 0.0375. The van der Waals surface area contributed by atoms with Crippen molar-refractivity contribution in [3.8, 4) is 5.75 Å². The van der Waals surface area contributed by atoms with Crippen molar-refractivity contribution in [2.75, 3.05) is 6.54 Å². The molecule has 0 radical (unpaired) electrons. The average molecular weight is 923 g/mol. The smallest absolute Gasteiger partial charge is 0.326 e. The number of benzene rings is 1. The van der Waals surface area contributed by atoms with Gasteiger partial charge in [0.25, 0.3) is 0 Å². The molecule has 26 heteroatoms. The third-order valence-corrected chi connectivity index (χ3v) is 9.02. The van der Waals surface area contributed by atoms with E-state index in [-0.39, 0.29) is 24.5 Å². The van der Waals surface area contributed by atoms with Gasteiger partial charge in [-0.3, -0.25) is 52.7 Å².